The average Bonchev–Trinajstić information content (AvgIpc) is 2.91. The predicted octanol–water partition coefficient (Wildman–Crippen LogP) is 6.06. The van der Waals surface area contributed by atoms with Crippen molar-refractivity contribution in [3.63, 3.8) is 0 Å². The summed E-state index contributed by atoms with van der Waals surface area (Å²) in [6.07, 6.45) is 0. The minimum atomic E-state index is -2.04. The largest absolute Gasteiger partial charge is 0.436 e. The average molecular weight is 516 g/mol. The molecule has 0 spiro atoms. The number of hydrogen-bond donors (Lipinski definition) is 1. The Bertz CT molecular complexity index is 937. The third-order valence-electron chi connectivity index (χ3n) is 3.06. The standard InChI is InChI=1S/C15H7Cl4IN2O2/c16-10-3-1-7(20)5-9(10)13-22-11-6-8(2-4-12(11)24-13)21-14(23)15(17,18)19/h1-6H,(H,21,23). The molecule has 3 aromatic rings. The van der Waals surface area contributed by atoms with Crippen LogP contribution in [0.2, 0.25) is 5.02 Å². The van der Waals surface area contributed by atoms with Gasteiger partial charge in [-0.15, -0.1) is 0 Å². The van der Waals surface area contributed by atoms with E-state index in [1.165, 1.54) is 0 Å². The van der Waals surface area contributed by atoms with E-state index in [9.17, 15) is 4.79 Å². The molecule has 1 heterocycles. The molecule has 0 fully saturated rings. The van der Waals surface area contributed by atoms with Crippen LogP contribution in [0.5, 0.6) is 0 Å². The number of hydrogen-bond acceptors (Lipinski definition) is 3. The van der Waals surface area contributed by atoms with Gasteiger partial charge in [-0.3, -0.25) is 4.79 Å². The summed E-state index contributed by atoms with van der Waals surface area (Å²) < 4.78 is 4.69. The van der Waals surface area contributed by atoms with Gasteiger partial charge in [-0.25, -0.2) is 4.98 Å². The summed E-state index contributed by atoms with van der Waals surface area (Å²) in [6, 6.07) is 10.5. The molecule has 0 unspecified atom stereocenters. The lowest BCUT2D eigenvalue weighted by Gasteiger charge is -2.10. The first-order chi connectivity index (χ1) is 11.2. The fourth-order valence-electron chi connectivity index (χ4n) is 1.98. The maximum Gasteiger partial charge on any atom is 0.276 e. The Balaban J connectivity index is 1.97. The van der Waals surface area contributed by atoms with E-state index in [1.807, 2.05) is 12.1 Å². The summed E-state index contributed by atoms with van der Waals surface area (Å²) >= 11 is 25.0. The van der Waals surface area contributed by atoms with Crippen LogP contribution in [0.4, 0.5) is 5.69 Å². The summed E-state index contributed by atoms with van der Waals surface area (Å²) in [5.74, 6) is -0.366. The zero-order chi connectivity index (χ0) is 17.5. The Morgan fingerprint density at radius 2 is 1.92 bits per heavy atom. The number of rotatable bonds is 2. The lowest BCUT2D eigenvalue weighted by molar-refractivity contribution is -0.115. The fraction of sp³-hybridized carbons (Fsp3) is 0.0667. The van der Waals surface area contributed by atoms with Gasteiger partial charge in [-0.1, -0.05) is 46.4 Å². The van der Waals surface area contributed by atoms with Crippen LogP contribution >= 0.6 is 69.0 Å². The van der Waals surface area contributed by atoms with Gasteiger partial charge >= 0.3 is 0 Å². The second kappa shape index (κ2) is 6.88. The summed E-state index contributed by atoms with van der Waals surface area (Å²) in [5, 5.41) is 3.03. The number of oxazole rings is 1. The number of benzene rings is 2. The van der Waals surface area contributed by atoms with E-state index in [1.54, 1.807) is 24.3 Å². The second-order valence-corrected chi connectivity index (χ2v) is 8.71. The van der Waals surface area contributed by atoms with Crippen LogP contribution in [-0.4, -0.2) is 14.7 Å². The Kier molecular flexibility index (Phi) is 5.18. The lowest BCUT2D eigenvalue weighted by atomic mass is 10.2. The molecule has 0 bridgehead atoms. The van der Waals surface area contributed by atoms with Gasteiger partial charge in [-0.2, -0.15) is 0 Å². The first-order valence-corrected chi connectivity index (χ1v) is 9.07. The van der Waals surface area contributed by atoms with E-state index >= 15 is 0 Å². The number of halogens is 5. The molecule has 4 nitrogen and oxygen atoms in total. The zero-order valence-corrected chi connectivity index (χ0v) is 16.8. The van der Waals surface area contributed by atoms with Gasteiger partial charge < -0.3 is 9.73 Å². The number of nitrogens with one attached hydrogen (secondary N) is 1. The van der Waals surface area contributed by atoms with Crippen LogP contribution in [0.3, 0.4) is 0 Å². The van der Waals surface area contributed by atoms with Crippen LogP contribution in [0.25, 0.3) is 22.6 Å². The van der Waals surface area contributed by atoms with E-state index < -0.39 is 9.70 Å². The highest BCUT2D eigenvalue weighted by Crippen LogP contribution is 2.33. The van der Waals surface area contributed by atoms with Crippen molar-refractivity contribution in [2.24, 2.45) is 0 Å². The van der Waals surface area contributed by atoms with Crippen molar-refractivity contribution in [2.75, 3.05) is 5.32 Å². The van der Waals surface area contributed by atoms with Gasteiger partial charge in [-0.05, 0) is 59.0 Å². The number of carbonyl (C=O) groups is 1. The van der Waals surface area contributed by atoms with Crippen molar-refractivity contribution < 1.29 is 9.21 Å². The smallest absolute Gasteiger partial charge is 0.276 e. The third-order valence-corrected chi connectivity index (χ3v) is 4.58. The third kappa shape index (κ3) is 3.91. The van der Waals surface area contributed by atoms with Gasteiger partial charge in [0.1, 0.15) is 5.52 Å². The van der Waals surface area contributed by atoms with Gasteiger partial charge in [0.25, 0.3) is 9.70 Å². The number of alkyl halides is 3. The molecule has 0 saturated heterocycles. The van der Waals surface area contributed by atoms with Crippen molar-refractivity contribution in [3.8, 4) is 11.5 Å². The fourth-order valence-corrected chi connectivity index (χ4v) is 2.82. The molecule has 1 aromatic heterocycles. The van der Waals surface area contributed by atoms with Gasteiger partial charge in [0, 0.05) is 9.26 Å². The molecule has 0 aliphatic carbocycles. The molecule has 124 valence electrons. The summed E-state index contributed by atoms with van der Waals surface area (Å²) in [6.45, 7) is 0. The van der Waals surface area contributed by atoms with Crippen molar-refractivity contribution in [3.05, 3.63) is 45.0 Å². The monoisotopic (exact) mass is 514 g/mol. The number of fused-ring (bicyclic) bond motifs is 1. The Morgan fingerprint density at radius 1 is 1.17 bits per heavy atom. The highest BCUT2D eigenvalue weighted by Gasteiger charge is 2.30. The van der Waals surface area contributed by atoms with Crippen molar-refractivity contribution in [2.45, 2.75) is 3.79 Å². The van der Waals surface area contributed by atoms with E-state index in [0.29, 0.717) is 33.3 Å². The van der Waals surface area contributed by atoms with E-state index in [2.05, 4.69) is 32.9 Å². The Labute approximate surface area is 170 Å². The molecule has 9 heteroatoms. The molecule has 1 N–H and O–H groups in total. The molecule has 1 amide bonds. The Morgan fingerprint density at radius 3 is 2.62 bits per heavy atom. The summed E-state index contributed by atoms with van der Waals surface area (Å²) in [5.41, 5.74) is 2.22. The molecule has 0 radical (unpaired) electrons. The minimum Gasteiger partial charge on any atom is -0.436 e. The number of aromatic nitrogens is 1. The van der Waals surface area contributed by atoms with Crippen LogP contribution in [0, 0.1) is 3.57 Å². The molecule has 0 aliphatic heterocycles. The van der Waals surface area contributed by atoms with Crippen molar-refractivity contribution >= 4 is 91.7 Å². The zero-order valence-electron chi connectivity index (χ0n) is 11.6. The molecule has 24 heavy (non-hydrogen) atoms. The molecule has 0 aliphatic rings. The minimum absolute atomic E-state index is 0.387. The van der Waals surface area contributed by atoms with E-state index in [0.717, 1.165) is 3.57 Å². The maximum absolute atomic E-state index is 11.7. The number of carbonyl (C=O) groups excluding carboxylic acids is 1. The number of amides is 1. The molecule has 0 saturated carbocycles. The number of anilines is 1. The topological polar surface area (TPSA) is 55.1 Å². The van der Waals surface area contributed by atoms with Gasteiger partial charge in [0.05, 0.1) is 10.6 Å². The first kappa shape index (κ1) is 18.1. The second-order valence-electron chi connectivity index (χ2n) is 4.78. The SMILES string of the molecule is O=C(Nc1ccc2oc(-c3cc(I)ccc3Cl)nc2c1)C(Cl)(Cl)Cl. The van der Waals surface area contributed by atoms with E-state index in [-0.39, 0.29) is 0 Å². The van der Waals surface area contributed by atoms with Crippen LogP contribution < -0.4 is 5.32 Å². The van der Waals surface area contributed by atoms with Gasteiger partial charge in [0.2, 0.25) is 5.89 Å². The van der Waals surface area contributed by atoms with Crippen molar-refractivity contribution in [1.82, 2.24) is 4.98 Å². The first-order valence-electron chi connectivity index (χ1n) is 6.48. The normalized spacial score (nSPS) is 11.7. The molecular weight excluding hydrogens is 509 g/mol. The van der Waals surface area contributed by atoms with Crippen LogP contribution in [0.15, 0.2) is 40.8 Å². The maximum atomic E-state index is 11.7. The molecule has 0 atom stereocenters. The van der Waals surface area contributed by atoms with Gasteiger partial charge in [0.15, 0.2) is 5.58 Å². The summed E-state index contributed by atoms with van der Waals surface area (Å²) in [4.78, 5) is 16.1. The highest BCUT2D eigenvalue weighted by atomic mass is 127. The Hall–Kier alpha value is -0.730. The number of nitrogens with zero attached hydrogens (tertiary/aromatic N) is 1. The highest BCUT2D eigenvalue weighted by molar-refractivity contribution is 14.1. The predicted molar refractivity (Wildman–Crippen MR) is 106 cm³/mol. The lowest BCUT2D eigenvalue weighted by Crippen LogP contribution is -2.26. The van der Waals surface area contributed by atoms with E-state index in [4.69, 9.17) is 50.8 Å². The van der Waals surface area contributed by atoms with Crippen LogP contribution in [-0.2, 0) is 4.79 Å². The van der Waals surface area contributed by atoms with Crippen LogP contribution in [0.1, 0.15) is 0 Å². The summed E-state index contributed by atoms with van der Waals surface area (Å²) in [7, 11) is 0. The molecule has 2 aromatic carbocycles. The van der Waals surface area contributed by atoms with Crippen molar-refractivity contribution in [1.29, 1.82) is 0 Å². The quantitative estimate of drug-likeness (QED) is 0.333. The molecule has 3 rings (SSSR count). The molecular formula is C15H7Cl4IN2O2.